The lowest BCUT2D eigenvalue weighted by molar-refractivity contribution is 0.353. The number of hydrazone groups is 1. The van der Waals surface area contributed by atoms with Gasteiger partial charge >= 0.3 is 0 Å². The van der Waals surface area contributed by atoms with Gasteiger partial charge in [0.1, 0.15) is 11.5 Å². The van der Waals surface area contributed by atoms with Crippen molar-refractivity contribution in [3.05, 3.63) is 64.8 Å². The van der Waals surface area contributed by atoms with Gasteiger partial charge in [0.05, 0.1) is 26.5 Å². The molecule has 5 rings (SSSR count). The molecule has 0 saturated heterocycles. The van der Waals surface area contributed by atoms with Crippen LogP contribution < -0.4 is 25.9 Å². The zero-order valence-corrected chi connectivity index (χ0v) is 18.2. The highest BCUT2D eigenvalue weighted by molar-refractivity contribution is 5.86. The third-order valence-corrected chi connectivity index (χ3v) is 6.05. The molecular formula is C24H26N6O2. The molecule has 1 atom stereocenters. The van der Waals surface area contributed by atoms with Crippen LogP contribution in [0.4, 0.5) is 17.5 Å². The molecule has 2 heterocycles. The van der Waals surface area contributed by atoms with Crippen LogP contribution in [0, 0.1) is 5.92 Å². The second kappa shape index (κ2) is 8.03. The van der Waals surface area contributed by atoms with Gasteiger partial charge in [0.25, 0.3) is 0 Å². The summed E-state index contributed by atoms with van der Waals surface area (Å²) in [5.74, 6) is 2.37. The molecule has 164 valence electrons. The normalized spacial score (nSPS) is 17.2. The molecule has 8 heteroatoms. The van der Waals surface area contributed by atoms with Crippen LogP contribution >= 0.6 is 0 Å². The van der Waals surface area contributed by atoms with Crippen LogP contribution in [0.15, 0.2) is 47.7 Å². The second-order valence-corrected chi connectivity index (χ2v) is 8.17. The molecule has 32 heavy (non-hydrogen) atoms. The average Bonchev–Trinajstić information content (AvgIpc) is 3.64. The largest absolute Gasteiger partial charge is 0.493 e. The summed E-state index contributed by atoms with van der Waals surface area (Å²) in [6.07, 6.45) is 6.48. The highest BCUT2D eigenvalue weighted by Gasteiger charge is 2.40. The number of nitrogen functional groups attached to an aromatic ring is 2. The van der Waals surface area contributed by atoms with Crippen LogP contribution in [0.3, 0.4) is 0 Å². The number of rotatable bonds is 6. The van der Waals surface area contributed by atoms with Crippen LogP contribution in [0.2, 0.25) is 0 Å². The summed E-state index contributed by atoms with van der Waals surface area (Å²) in [5.41, 5.74) is 16.8. The second-order valence-electron chi connectivity index (χ2n) is 8.17. The zero-order valence-electron chi connectivity index (χ0n) is 18.2. The summed E-state index contributed by atoms with van der Waals surface area (Å²) in [5, 5.41) is 6.93. The third kappa shape index (κ3) is 3.57. The van der Waals surface area contributed by atoms with Gasteiger partial charge in [-0.3, -0.25) is 5.01 Å². The number of ether oxygens (including phenoxy) is 2. The molecule has 4 N–H and O–H groups in total. The maximum Gasteiger partial charge on any atom is 0.221 e. The Labute approximate surface area is 186 Å². The molecule has 0 bridgehead atoms. The van der Waals surface area contributed by atoms with Gasteiger partial charge < -0.3 is 20.9 Å². The standard InChI is InChI=1S/C24H26N6O2/c1-31-20-11-14(9-17-12-27-24(26)29-23(17)25)10-19(22(20)32-2)30-21(15-7-8-15)18-6-4-3-5-16(18)13-28-30/h3-6,10-13,15,21H,7-9H2,1-2H3,(H4,25,26,27,29). The zero-order chi connectivity index (χ0) is 22.2. The van der Waals surface area contributed by atoms with E-state index in [-0.39, 0.29) is 12.0 Å². The van der Waals surface area contributed by atoms with E-state index in [4.69, 9.17) is 26.0 Å². The first kappa shape index (κ1) is 20.1. The molecule has 2 aliphatic rings. The topological polar surface area (TPSA) is 112 Å². The van der Waals surface area contributed by atoms with Crippen LogP contribution in [-0.4, -0.2) is 30.4 Å². The van der Waals surface area contributed by atoms with Gasteiger partial charge in [0, 0.05) is 18.2 Å². The monoisotopic (exact) mass is 430 g/mol. The molecule has 1 fully saturated rings. The number of anilines is 3. The van der Waals surface area contributed by atoms with Crippen LogP contribution in [0.25, 0.3) is 0 Å². The summed E-state index contributed by atoms with van der Waals surface area (Å²) in [4.78, 5) is 8.17. The molecule has 0 spiro atoms. The van der Waals surface area contributed by atoms with Crippen molar-refractivity contribution in [2.75, 3.05) is 30.7 Å². The minimum atomic E-state index is 0.148. The van der Waals surface area contributed by atoms with Gasteiger partial charge in [-0.25, -0.2) is 4.98 Å². The van der Waals surface area contributed by atoms with Crippen molar-refractivity contribution in [1.29, 1.82) is 0 Å². The van der Waals surface area contributed by atoms with E-state index in [2.05, 4.69) is 39.2 Å². The summed E-state index contributed by atoms with van der Waals surface area (Å²) >= 11 is 0. The Morgan fingerprint density at radius 3 is 2.62 bits per heavy atom. The maximum absolute atomic E-state index is 6.08. The van der Waals surface area contributed by atoms with Gasteiger partial charge in [0.2, 0.25) is 5.95 Å². The number of methoxy groups -OCH3 is 2. The molecule has 1 unspecified atom stereocenters. The first-order valence-electron chi connectivity index (χ1n) is 10.6. The Balaban J connectivity index is 1.60. The predicted octanol–water partition coefficient (Wildman–Crippen LogP) is 3.55. The Morgan fingerprint density at radius 1 is 1.09 bits per heavy atom. The SMILES string of the molecule is COc1cc(Cc2cnc(N)nc2N)cc(N2N=Cc3ccccc3C2C2CC2)c1OC. The predicted molar refractivity (Wildman–Crippen MR) is 125 cm³/mol. The molecule has 1 aliphatic carbocycles. The highest BCUT2D eigenvalue weighted by Crippen LogP contribution is 2.51. The van der Waals surface area contributed by atoms with Crippen molar-refractivity contribution >= 4 is 23.7 Å². The summed E-state index contributed by atoms with van der Waals surface area (Å²) < 4.78 is 11.5. The fraction of sp³-hybridized carbons (Fsp3) is 0.292. The fourth-order valence-corrected chi connectivity index (χ4v) is 4.37. The van der Waals surface area contributed by atoms with Crippen molar-refractivity contribution in [3.63, 3.8) is 0 Å². The minimum absolute atomic E-state index is 0.148. The van der Waals surface area contributed by atoms with E-state index in [9.17, 15) is 0 Å². The van der Waals surface area contributed by atoms with E-state index in [0.717, 1.165) is 22.4 Å². The molecule has 0 amide bonds. The molecule has 1 aromatic heterocycles. The lowest BCUT2D eigenvalue weighted by Gasteiger charge is -2.35. The lowest BCUT2D eigenvalue weighted by Crippen LogP contribution is -2.30. The fourth-order valence-electron chi connectivity index (χ4n) is 4.37. The van der Waals surface area contributed by atoms with Crippen molar-refractivity contribution in [2.24, 2.45) is 11.0 Å². The molecule has 0 radical (unpaired) electrons. The quantitative estimate of drug-likeness (QED) is 0.615. The molecule has 2 aromatic carbocycles. The lowest BCUT2D eigenvalue weighted by atomic mass is 9.94. The smallest absolute Gasteiger partial charge is 0.221 e. The van der Waals surface area contributed by atoms with E-state index in [1.165, 1.54) is 18.4 Å². The molecular weight excluding hydrogens is 404 g/mol. The minimum Gasteiger partial charge on any atom is -0.493 e. The number of aromatic nitrogens is 2. The summed E-state index contributed by atoms with van der Waals surface area (Å²) in [6, 6.07) is 12.6. The van der Waals surface area contributed by atoms with Crippen molar-refractivity contribution in [3.8, 4) is 11.5 Å². The van der Waals surface area contributed by atoms with Crippen molar-refractivity contribution < 1.29 is 9.47 Å². The number of hydrogen-bond donors (Lipinski definition) is 2. The Kier molecular flexibility index (Phi) is 5.05. The number of hydrogen-bond acceptors (Lipinski definition) is 8. The van der Waals surface area contributed by atoms with Crippen LogP contribution in [0.5, 0.6) is 11.5 Å². The molecule has 8 nitrogen and oxygen atoms in total. The average molecular weight is 431 g/mol. The first-order valence-corrected chi connectivity index (χ1v) is 10.6. The Morgan fingerprint density at radius 2 is 1.91 bits per heavy atom. The van der Waals surface area contributed by atoms with Gasteiger partial charge in [0.15, 0.2) is 11.5 Å². The Bertz CT molecular complexity index is 1190. The number of nitrogens with two attached hydrogens (primary N) is 2. The van der Waals surface area contributed by atoms with Crippen molar-refractivity contribution in [2.45, 2.75) is 25.3 Å². The van der Waals surface area contributed by atoms with Crippen molar-refractivity contribution in [1.82, 2.24) is 9.97 Å². The summed E-state index contributed by atoms with van der Waals surface area (Å²) in [7, 11) is 3.29. The summed E-state index contributed by atoms with van der Waals surface area (Å²) in [6.45, 7) is 0. The van der Waals surface area contributed by atoms with Gasteiger partial charge in [-0.1, -0.05) is 24.3 Å². The third-order valence-electron chi connectivity index (χ3n) is 6.05. The van der Waals surface area contributed by atoms with E-state index in [1.807, 2.05) is 18.3 Å². The van der Waals surface area contributed by atoms with Gasteiger partial charge in [-0.2, -0.15) is 10.1 Å². The first-order chi connectivity index (χ1) is 15.6. The number of fused-ring (bicyclic) bond motifs is 1. The van der Waals surface area contributed by atoms with Gasteiger partial charge in [-0.15, -0.1) is 0 Å². The van der Waals surface area contributed by atoms with E-state index in [1.54, 1.807) is 20.4 Å². The molecule has 1 aliphatic heterocycles. The number of nitrogens with zero attached hydrogens (tertiary/aromatic N) is 4. The van der Waals surface area contributed by atoms with E-state index >= 15 is 0 Å². The molecule has 3 aromatic rings. The van der Waals surface area contributed by atoms with E-state index in [0.29, 0.717) is 29.7 Å². The Hall–Kier alpha value is -3.81. The molecule has 1 saturated carbocycles. The highest BCUT2D eigenvalue weighted by atomic mass is 16.5. The van der Waals surface area contributed by atoms with Crippen LogP contribution in [-0.2, 0) is 6.42 Å². The number of benzene rings is 2. The van der Waals surface area contributed by atoms with Crippen LogP contribution in [0.1, 0.15) is 41.1 Å². The van der Waals surface area contributed by atoms with E-state index < -0.39 is 0 Å². The van der Waals surface area contributed by atoms with Gasteiger partial charge in [-0.05, 0) is 47.6 Å². The maximum atomic E-state index is 6.08.